The fourth-order valence-corrected chi connectivity index (χ4v) is 4.73. The van der Waals surface area contributed by atoms with E-state index < -0.39 is 5.97 Å². The highest BCUT2D eigenvalue weighted by atomic mass is 16.5. The first-order valence-corrected chi connectivity index (χ1v) is 16.5. The van der Waals surface area contributed by atoms with E-state index >= 15 is 0 Å². The highest BCUT2D eigenvalue weighted by molar-refractivity contribution is 5.69. The van der Waals surface area contributed by atoms with Gasteiger partial charge in [0.05, 0.1) is 0 Å². The van der Waals surface area contributed by atoms with Crippen molar-refractivity contribution in [1.82, 2.24) is 0 Å². The van der Waals surface area contributed by atoms with Gasteiger partial charge < -0.3 is 9.84 Å². The largest absolute Gasteiger partial charge is 0.481 e. The number of allylic oxidation sites excluding steroid dienone is 6. The maximum Gasteiger partial charge on any atom is 0.306 e. The molecule has 4 heteroatoms. The molecule has 1 N–H and O–H groups in total. The highest BCUT2D eigenvalue weighted by Gasteiger charge is 2.14. The van der Waals surface area contributed by atoms with Crippen LogP contribution in [0.15, 0.2) is 36.5 Å². The second-order valence-corrected chi connectivity index (χ2v) is 11.0. The third-order valence-corrected chi connectivity index (χ3v) is 7.13. The van der Waals surface area contributed by atoms with Crippen LogP contribution in [0, 0.1) is 0 Å². The van der Waals surface area contributed by atoms with Gasteiger partial charge in [0.25, 0.3) is 0 Å². The second kappa shape index (κ2) is 30.7. The van der Waals surface area contributed by atoms with Crippen molar-refractivity contribution in [3.8, 4) is 0 Å². The zero-order chi connectivity index (χ0) is 28.7. The molecule has 0 saturated heterocycles. The number of carbonyl (C=O) groups is 2. The van der Waals surface area contributed by atoms with Crippen LogP contribution in [0.5, 0.6) is 0 Å². The number of carboxylic acid groups (broad SMARTS) is 1. The standard InChI is InChI=1S/C35H62O4/c1-3-5-7-9-11-13-14-15-16-17-18-19-21-23-28-32-35(38)39-33(30-26-24-27-31-34(36)37)29-25-22-20-12-10-8-6-4-2/h5,7,11,13,15-16,33H,3-4,6,8-10,12,14,17-32H2,1-2H3,(H,36,37)/b7-5-,13-11-,16-15-. The van der Waals surface area contributed by atoms with Gasteiger partial charge in [-0.1, -0.05) is 121 Å². The van der Waals surface area contributed by atoms with E-state index in [0.717, 1.165) is 70.6 Å². The number of rotatable bonds is 29. The maximum absolute atomic E-state index is 12.5. The molecular formula is C35H62O4. The van der Waals surface area contributed by atoms with E-state index in [1.54, 1.807) is 0 Å². The van der Waals surface area contributed by atoms with Gasteiger partial charge in [-0.25, -0.2) is 0 Å². The van der Waals surface area contributed by atoms with Crippen LogP contribution >= 0.6 is 0 Å². The monoisotopic (exact) mass is 546 g/mol. The lowest BCUT2D eigenvalue weighted by molar-refractivity contribution is -0.150. The van der Waals surface area contributed by atoms with Crippen molar-refractivity contribution in [3.63, 3.8) is 0 Å². The Labute approximate surface area is 241 Å². The van der Waals surface area contributed by atoms with Crippen LogP contribution in [0.2, 0.25) is 0 Å². The third-order valence-electron chi connectivity index (χ3n) is 7.13. The minimum absolute atomic E-state index is 0.00291. The van der Waals surface area contributed by atoms with E-state index in [4.69, 9.17) is 9.84 Å². The lowest BCUT2D eigenvalue weighted by atomic mass is 10.0. The van der Waals surface area contributed by atoms with E-state index in [1.165, 1.54) is 64.2 Å². The molecule has 0 aliphatic carbocycles. The molecule has 226 valence electrons. The molecule has 0 aromatic rings. The Kier molecular flexibility index (Phi) is 29.2. The van der Waals surface area contributed by atoms with Crippen molar-refractivity contribution in [1.29, 1.82) is 0 Å². The molecule has 1 unspecified atom stereocenters. The summed E-state index contributed by atoms with van der Waals surface area (Å²) in [6.45, 7) is 4.40. The Hall–Kier alpha value is -1.84. The van der Waals surface area contributed by atoms with Crippen molar-refractivity contribution < 1.29 is 19.4 Å². The highest BCUT2D eigenvalue weighted by Crippen LogP contribution is 2.18. The number of aliphatic carboxylic acids is 1. The summed E-state index contributed by atoms with van der Waals surface area (Å²) in [7, 11) is 0. The van der Waals surface area contributed by atoms with Crippen LogP contribution in [0.3, 0.4) is 0 Å². The van der Waals surface area contributed by atoms with Gasteiger partial charge >= 0.3 is 11.9 Å². The summed E-state index contributed by atoms with van der Waals surface area (Å²) in [5, 5.41) is 8.83. The quantitative estimate of drug-likeness (QED) is 0.0575. The fourth-order valence-electron chi connectivity index (χ4n) is 4.73. The van der Waals surface area contributed by atoms with Crippen molar-refractivity contribution in [3.05, 3.63) is 36.5 Å². The molecule has 0 aliphatic heterocycles. The molecule has 0 saturated carbocycles. The Morgan fingerprint density at radius 1 is 0.590 bits per heavy atom. The van der Waals surface area contributed by atoms with Gasteiger partial charge in [-0.15, -0.1) is 0 Å². The topological polar surface area (TPSA) is 63.6 Å². The van der Waals surface area contributed by atoms with Crippen LogP contribution in [0.25, 0.3) is 0 Å². The normalized spacial score (nSPS) is 12.7. The number of carboxylic acids is 1. The maximum atomic E-state index is 12.5. The predicted octanol–water partition coefficient (Wildman–Crippen LogP) is 11.1. The molecule has 0 aromatic heterocycles. The van der Waals surface area contributed by atoms with E-state index in [2.05, 4.69) is 50.3 Å². The van der Waals surface area contributed by atoms with Gasteiger partial charge in [-0.2, -0.15) is 0 Å². The van der Waals surface area contributed by atoms with Crippen molar-refractivity contribution in [2.45, 2.75) is 174 Å². The van der Waals surface area contributed by atoms with Crippen LogP contribution in [-0.2, 0) is 14.3 Å². The Morgan fingerprint density at radius 2 is 1.08 bits per heavy atom. The van der Waals surface area contributed by atoms with E-state index in [-0.39, 0.29) is 18.5 Å². The van der Waals surface area contributed by atoms with Crippen LogP contribution in [0.4, 0.5) is 0 Å². The average molecular weight is 547 g/mol. The molecule has 0 aliphatic rings. The number of unbranched alkanes of at least 4 members (excludes halogenated alkanes) is 14. The Bertz CT molecular complexity index is 635. The fraction of sp³-hybridized carbons (Fsp3) is 0.771. The van der Waals surface area contributed by atoms with Gasteiger partial charge in [0.15, 0.2) is 0 Å². The summed E-state index contributed by atoms with van der Waals surface area (Å²) in [4.78, 5) is 23.2. The smallest absolute Gasteiger partial charge is 0.306 e. The molecule has 0 spiro atoms. The molecule has 0 amide bonds. The van der Waals surface area contributed by atoms with Crippen molar-refractivity contribution in [2.75, 3.05) is 0 Å². The summed E-state index contributed by atoms with van der Waals surface area (Å²) in [6, 6.07) is 0. The third kappa shape index (κ3) is 30.6. The molecule has 0 fully saturated rings. The van der Waals surface area contributed by atoms with E-state index in [0.29, 0.717) is 12.8 Å². The number of carbonyl (C=O) groups excluding carboxylic acids is 1. The van der Waals surface area contributed by atoms with Crippen molar-refractivity contribution >= 4 is 11.9 Å². The number of hydrogen-bond donors (Lipinski definition) is 1. The summed E-state index contributed by atoms with van der Waals surface area (Å²) >= 11 is 0. The predicted molar refractivity (Wildman–Crippen MR) is 167 cm³/mol. The molecular weight excluding hydrogens is 484 g/mol. The molecule has 0 rings (SSSR count). The summed E-state index contributed by atoms with van der Waals surface area (Å²) in [5.41, 5.74) is 0. The van der Waals surface area contributed by atoms with Gasteiger partial charge in [0.2, 0.25) is 0 Å². The average Bonchev–Trinajstić information content (AvgIpc) is 2.91. The van der Waals surface area contributed by atoms with Crippen LogP contribution in [0.1, 0.15) is 168 Å². The van der Waals surface area contributed by atoms with Crippen molar-refractivity contribution in [2.24, 2.45) is 0 Å². The first kappa shape index (κ1) is 37.2. The number of hydrogen-bond acceptors (Lipinski definition) is 3. The minimum atomic E-state index is -0.729. The van der Waals surface area contributed by atoms with E-state index in [9.17, 15) is 9.59 Å². The van der Waals surface area contributed by atoms with Crippen LogP contribution in [-0.4, -0.2) is 23.1 Å². The van der Waals surface area contributed by atoms with Gasteiger partial charge in [0, 0.05) is 12.8 Å². The van der Waals surface area contributed by atoms with E-state index in [1.807, 2.05) is 0 Å². The van der Waals surface area contributed by atoms with Gasteiger partial charge in [-0.05, 0) is 70.6 Å². The van der Waals surface area contributed by atoms with Gasteiger partial charge in [-0.3, -0.25) is 9.59 Å². The van der Waals surface area contributed by atoms with Crippen LogP contribution < -0.4 is 0 Å². The summed E-state index contributed by atoms with van der Waals surface area (Å²) < 4.78 is 5.88. The summed E-state index contributed by atoms with van der Waals surface area (Å²) in [5.74, 6) is -0.779. The lowest BCUT2D eigenvalue weighted by Crippen LogP contribution is -2.18. The zero-order valence-electron chi connectivity index (χ0n) is 25.7. The molecule has 39 heavy (non-hydrogen) atoms. The zero-order valence-corrected chi connectivity index (χ0v) is 25.7. The lowest BCUT2D eigenvalue weighted by Gasteiger charge is -2.18. The summed E-state index contributed by atoms with van der Waals surface area (Å²) in [6.07, 6.45) is 38.6. The Balaban J connectivity index is 3.98. The second-order valence-electron chi connectivity index (χ2n) is 11.0. The molecule has 1 atom stereocenters. The van der Waals surface area contributed by atoms with Gasteiger partial charge in [0.1, 0.15) is 6.10 Å². The number of ether oxygens (including phenoxy) is 1. The molecule has 0 heterocycles. The minimum Gasteiger partial charge on any atom is -0.481 e. The molecule has 4 nitrogen and oxygen atoms in total. The number of esters is 1. The molecule has 0 bridgehead atoms. The first-order chi connectivity index (χ1) is 19.1. The Morgan fingerprint density at radius 3 is 1.69 bits per heavy atom. The molecule has 0 aromatic carbocycles. The SMILES string of the molecule is CC/C=C\C/C=C\C/C=C\CCCCCCCC(=O)OC(CCCCCCCCCC)CCCCCC(=O)O. The first-order valence-electron chi connectivity index (χ1n) is 16.5. The molecule has 0 radical (unpaired) electrons.